The van der Waals surface area contributed by atoms with Gasteiger partial charge in [0, 0.05) is 29.9 Å². The van der Waals surface area contributed by atoms with E-state index >= 15 is 0 Å². The Labute approximate surface area is 162 Å². The monoisotopic (exact) mass is 380 g/mol. The summed E-state index contributed by atoms with van der Waals surface area (Å²) >= 11 is 0. The first-order chi connectivity index (χ1) is 13.5. The summed E-state index contributed by atoms with van der Waals surface area (Å²) in [6.45, 7) is 4.36. The normalized spacial score (nSPS) is 15.1. The Balaban J connectivity index is 1.50. The predicted molar refractivity (Wildman–Crippen MR) is 104 cm³/mol. The van der Waals surface area contributed by atoms with E-state index in [9.17, 15) is 9.18 Å². The molecular weight excluding hydrogens is 359 g/mol. The SMILES string of the molecule is Cc1ccc(-c2noc(C(C)Nc3cccc(N4CCCC4=O)c3)n2)cc1F. The van der Waals surface area contributed by atoms with Crippen molar-refractivity contribution in [1.29, 1.82) is 0 Å². The first-order valence-corrected chi connectivity index (χ1v) is 9.28. The molecule has 0 spiro atoms. The van der Waals surface area contributed by atoms with Crippen LogP contribution in [0.2, 0.25) is 0 Å². The van der Waals surface area contributed by atoms with Crippen molar-refractivity contribution in [3.05, 3.63) is 59.7 Å². The number of aryl methyl sites for hydroxylation is 1. The fourth-order valence-corrected chi connectivity index (χ4v) is 3.26. The summed E-state index contributed by atoms with van der Waals surface area (Å²) in [4.78, 5) is 18.1. The number of hydrogen-bond acceptors (Lipinski definition) is 5. The summed E-state index contributed by atoms with van der Waals surface area (Å²) in [7, 11) is 0. The largest absolute Gasteiger partial charge is 0.374 e. The summed E-state index contributed by atoms with van der Waals surface area (Å²) in [6.07, 6.45) is 1.48. The van der Waals surface area contributed by atoms with Crippen LogP contribution in [0.15, 0.2) is 47.0 Å². The standard InChI is InChI=1S/C21H21FN4O2/c1-13-8-9-15(11-18(13)22)20-24-21(28-25-20)14(2)23-16-5-3-6-17(12-16)26-10-4-7-19(26)27/h3,5-6,8-9,11-12,14,23H,4,7,10H2,1-2H3. The van der Waals surface area contributed by atoms with Crippen LogP contribution in [-0.2, 0) is 4.79 Å². The highest BCUT2D eigenvalue weighted by atomic mass is 19.1. The zero-order valence-electron chi connectivity index (χ0n) is 15.8. The lowest BCUT2D eigenvalue weighted by molar-refractivity contribution is -0.117. The summed E-state index contributed by atoms with van der Waals surface area (Å²) in [5.74, 6) is 0.595. The van der Waals surface area contributed by atoms with E-state index in [1.165, 1.54) is 6.07 Å². The van der Waals surface area contributed by atoms with Crippen LogP contribution in [0.1, 0.15) is 37.3 Å². The number of benzene rings is 2. The lowest BCUT2D eigenvalue weighted by atomic mass is 10.1. The molecule has 1 aromatic heterocycles. The van der Waals surface area contributed by atoms with Crippen LogP contribution in [0.25, 0.3) is 11.4 Å². The molecule has 1 saturated heterocycles. The summed E-state index contributed by atoms with van der Waals surface area (Å²) in [5, 5.41) is 7.28. The van der Waals surface area contributed by atoms with Gasteiger partial charge in [-0.2, -0.15) is 4.98 Å². The number of nitrogens with zero attached hydrogens (tertiary/aromatic N) is 3. The molecule has 0 saturated carbocycles. The summed E-state index contributed by atoms with van der Waals surface area (Å²) in [6, 6.07) is 12.3. The third kappa shape index (κ3) is 3.60. The van der Waals surface area contributed by atoms with Gasteiger partial charge in [-0.3, -0.25) is 4.79 Å². The Morgan fingerprint density at radius 2 is 2.11 bits per heavy atom. The molecule has 0 aliphatic carbocycles. The van der Waals surface area contributed by atoms with Crippen LogP contribution in [-0.4, -0.2) is 22.6 Å². The molecular formula is C21H21FN4O2. The van der Waals surface area contributed by atoms with Crippen LogP contribution in [0.5, 0.6) is 0 Å². The second-order valence-electron chi connectivity index (χ2n) is 6.99. The van der Waals surface area contributed by atoms with Crippen molar-refractivity contribution < 1.29 is 13.7 Å². The number of nitrogens with one attached hydrogen (secondary N) is 1. The topological polar surface area (TPSA) is 71.3 Å². The molecule has 0 bridgehead atoms. The lowest BCUT2D eigenvalue weighted by Gasteiger charge is -2.18. The Morgan fingerprint density at radius 1 is 1.25 bits per heavy atom. The van der Waals surface area contributed by atoms with Crippen LogP contribution in [0.4, 0.5) is 15.8 Å². The van der Waals surface area contributed by atoms with E-state index in [-0.39, 0.29) is 17.8 Å². The second-order valence-corrected chi connectivity index (χ2v) is 6.99. The third-order valence-electron chi connectivity index (χ3n) is 4.86. The van der Waals surface area contributed by atoms with Gasteiger partial charge in [0.1, 0.15) is 11.9 Å². The number of halogens is 1. The van der Waals surface area contributed by atoms with Gasteiger partial charge < -0.3 is 14.7 Å². The molecule has 0 radical (unpaired) electrons. The molecule has 4 rings (SSSR count). The summed E-state index contributed by atoms with van der Waals surface area (Å²) in [5.41, 5.74) is 2.87. The number of rotatable bonds is 5. The van der Waals surface area contributed by atoms with Crippen molar-refractivity contribution in [2.24, 2.45) is 0 Å². The molecule has 7 heteroatoms. The molecule has 1 fully saturated rings. The average Bonchev–Trinajstić information content (AvgIpc) is 3.33. The first-order valence-electron chi connectivity index (χ1n) is 9.28. The van der Waals surface area contributed by atoms with Crippen LogP contribution in [0.3, 0.4) is 0 Å². The van der Waals surface area contributed by atoms with Gasteiger partial charge in [0.15, 0.2) is 0 Å². The highest BCUT2D eigenvalue weighted by molar-refractivity contribution is 5.95. The maximum absolute atomic E-state index is 13.8. The average molecular weight is 380 g/mol. The second kappa shape index (κ2) is 7.42. The molecule has 1 N–H and O–H groups in total. The first kappa shape index (κ1) is 18.2. The zero-order valence-corrected chi connectivity index (χ0v) is 15.8. The Morgan fingerprint density at radius 3 is 2.86 bits per heavy atom. The number of amides is 1. The summed E-state index contributed by atoms with van der Waals surface area (Å²) < 4.78 is 19.1. The zero-order chi connectivity index (χ0) is 19.7. The van der Waals surface area contributed by atoms with Gasteiger partial charge in [0.05, 0.1) is 0 Å². The molecule has 1 atom stereocenters. The molecule has 1 aliphatic heterocycles. The molecule has 1 aliphatic rings. The van der Waals surface area contributed by atoms with Crippen LogP contribution in [0, 0.1) is 12.7 Å². The van der Waals surface area contributed by atoms with Crippen molar-refractivity contribution in [3.8, 4) is 11.4 Å². The third-order valence-corrected chi connectivity index (χ3v) is 4.86. The molecule has 144 valence electrons. The van der Waals surface area contributed by atoms with Gasteiger partial charge >= 0.3 is 0 Å². The fraction of sp³-hybridized carbons (Fsp3) is 0.286. The van der Waals surface area contributed by atoms with Crippen LogP contribution < -0.4 is 10.2 Å². The molecule has 1 unspecified atom stereocenters. The highest BCUT2D eigenvalue weighted by Crippen LogP contribution is 2.27. The van der Waals surface area contributed by atoms with Crippen molar-refractivity contribution in [2.45, 2.75) is 32.7 Å². The van der Waals surface area contributed by atoms with Crippen molar-refractivity contribution in [3.63, 3.8) is 0 Å². The van der Waals surface area contributed by atoms with E-state index in [2.05, 4.69) is 15.5 Å². The number of carbonyl (C=O) groups is 1. The molecule has 28 heavy (non-hydrogen) atoms. The minimum Gasteiger partial charge on any atom is -0.374 e. The molecule has 6 nitrogen and oxygen atoms in total. The van der Waals surface area contributed by atoms with Gasteiger partial charge in [-0.25, -0.2) is 4.39 Å². The van der Waals surface area contributed by atoms with Gasteiger partial charge in [0.25, 0.3) is 0 Å². The number of carbonyl (C=O) groups excluding carboxylic acids is 1. The van der Waals surface area contributed by atoms with Crippen molar-refractivity contribution >= 4 is 17.3 Å². The van der Waals surface area contributed by atoms with Gasteiger partial charge in [-0.1, -0.05) is 23.4 Å². The lowest BCUT2D eigenvalue weighted by Crippen LogP contribution is -2.23. The van der Waals surface area contributed by atoms with E-state index < -0.39 is 0 Å². The maximum atomic E-state index is 13.8. The molecule has 2 heterocycles. The van der Waals surface area contributed by atoms with E-state index in [1.54, 1.807) is 24.0 Å². The van der Waals surface area contributed by atoms with E-state index in [0.29, 0.717) is 29.3 Å². The predicted octanol–water partition coefficient (Wildman–Crippen LogP) is 4.48. The maximum Gasteiger partial charge on any atom is 0.249 e. The van der Waals surface area contributed by atoms with Crippen molar-refractivity contribution in [1.82, 2.24) is 10.1 Å². The van der Waals surface area contributed by atoms with E-state index in [4.69, 9.17) is 4.52 Å². The Bertz CT molecular complexity index is 1020. The number of anilines is 2. The molecule has 2 aromatic carbocycles. The molecule has 1 amide bonds. The fourth-order valence-electron chi connectivity index (χ4n) is 3.26. The highest BCUT2D eigenvalue weighted by Gasteiger charge is 2.22. The van der Waals surface area contributed by atoms with Crippen LogP contribution >= 0.6 is 0 Å². The van der Waals surface area contributed by atoms with E-state index in [1.807, 2.05) is 31.2 Å². The van der Waals surface area contributed by atoms with E-state index in [0.717, 1.165) is 24.3 Å². The van der Waals surface area contributed by atoms with Gasteiger partial charge in [-0.05, 0) is 50.1 Å². The quantitative estimate of drug-likeness (QED) is 0.706. The molecule has 3 aromatic rings. The Kier molecular flexibility index (Phi) is 4.81. The van der Waals surface area contributed by atoms with Gasteiger partial charge in [0.2, 0.25) is 17.6 Å². The number of hydrogen-bond donors (Lipinski definition) is 1. The Hall–Kier alpha value is -3.22. The minimum atomic E-state index is -0.303. The van der Waals surface area contributed by atoms with Crippen molar-refractivity contribution in [2.75, 3.05) is 16.8 Å². The minimum absolute atomic E-state index is 0.150. The number of aromatic nitrogens is 2. The smallest absolute Gasteiger partial charge is 0.249 e. The van der Waals surface area contributed by atoms with Gasteiger partial charge in [-0.15, -0.1) is 0 Å².